The van der Waals surface area contributed by atoms with Gasteiger partial charge in [0.25, 0.3) is 0 Å². The van der Waals surface area contributed by atoms with Crippen LogP contribution < -0.4 is 0 Å². The van der Waals surface area contributed by atoms with Crippen molar-refractivity contribution < 1.29 is 26.7 Å². The molecular weight excluding hydrogens is 724 g/mol. The van der Waals surface area contributed by atoms with Crippen LogP contribution in [-0.4, -0.2) is 130 Å². The summed E-state index contributed by atoms with van der Waals surface area (Å²) >= 11 is 1.22. The minimum atomic E-state index is -4.52. The molecular formula is C38H52F3N7O3S2. The van der Waals surface area contributed by atoms with Crippen molar-refractivity contribution in [2.24, 2.45) is 0 Å². The lowest BCUT2D eigenvalue weighted by Crippen LogP contribution is -2.44. The number of piperidine rings is 2. The lowest BCUT2D eigenvalue weighted by atomic mass is 9.93. The minimum absolute atomic E-state index is 0.0809. The predicted octanol–water partition coefficient (Wildman–Crippen LogP) is 5.17. The first-order valence-corrected chi connectivity index (χ1v) is 21.9. The van der Waals surface area contributed by atoms with Crippen LogP contribution in [0.25, 0.3) is 11.3 Å². The van der Waals surface area contributed by atoms with Gasteiger partial charge in [-0.1, -0.05) is 12.1 Å². The van der Waals surface area contributed by atoms with Crippen LogP contribution in [0.2, 0.25) is 0 Å². The monoisotopic (exact) mass is 775 g/mol. The molecule has 7 rings (SSSR count). The normalized spacial score (nSPS) is 21.3. The number of nitrogens with zero attached hydrogens (tertiary/aromatic N) is 7. The fourth-order valence-corrected chi connectivity index (χ4v) is 10.5. The van der Waals surface area contributed by atoms with Crippen LogP contribution in [0.3, 0.4) is 0 Å². The maximum Gasteiger partial charge on any atom is 0.417 e. The molecule has 4 aliphatic rings. The number of hydrogen-bond donors (Lipinski definition) is 1. The molecule has 2 aromatic heterocycles. The number of hydrogen-bond acceptors (Lipinski definition) is 9. The van der Waals surface area contributed by atoms with Gasteiger partial charge in [-0.3, -0.25) is 9.67 Å². The van der Waals surface area contributed by atoms with E-state index in [1.165, 1.54) is 54.3 Å². The Morgan fingerprint density at radius 3 is 2.36 bits per heavy atom. The molecule has 3 saturated heterocycles. The molecule has 1 aromatic carbocycles. The average Bonchev–Trinajstić information content (AvgIpc) is 3.81. The van der Waals surface area contributed by atoms with E-state index >= 15 is 0 Å². The van der Waals surface area contributed by atoms with Crippen molar-refractivity contribution in [3.05, 3.63) is 65.1 Å². The van der Waals surface area contributed by atoms with Gasteiger partial charge in [-0.05, 0) is 102 Å². The molecule has 3 aromatic rings. The van der Waals surface area contributed by atoms with E-state index < -0.39 is 27.9 Å². The van der Waals surface area contributed by atoms with Crippen LogP contribution in [-0.2, 0) is 35.7 Å². The van der Waals surface area contributed by atoms with Gasteiger partial charge in [0.05, 0.1) is 30.2 Å². The van der Waals surface area contributed by atoms with Crippen molar-refractivity contribution in [1.82, 2.24) is 33.8 Å². The molecule has 0 spiro atoms. The van der Waals surface area contributed by atoms with E-state index in [1.54, 1.807) is 10.7 Å². The van der Waals surface area contributed by atoms with Crippen LogP contribution in [0.5, 0.6) is 0 Å². The number of sulfonamides is 1. The van der Waals surface area contributed by atoms with Crippen LogP contribution >= 0.6 is 11.8 Å². The van der Waals surface area contributed by atoms with Crippen molar-refractivity contribution >= 4 is 21.8 Å². The zero-order valence-electron chi connectivity index (χ0n) is 30.6. The Morgan fingerprint density at radius 1 is 0.943 bits per heavy atom. The number of aliphatic hydroxyl groups excluding tert-OH is 1. The molecule has 0 saturated carbocycles. The average molecular weight is 776 g/mol. The number of alkyl halides is 3. The number of fused-ring (bicyclic) bond motifs is 1. The highest BCUT2D eigenvalue weighted by molar-refractivity contribution is 7.99. The van der Waals surface area contributed by atoms with E-state index in [9.17, 15) is 26.7 Å². The summed E-state index contributed by atoms with van der Waals surface area (Å²) in [5.41, 5.74) is 2.91. The predicted molar refractivity (Wildman–Crippen MR) is 201 cm³/mol. The molecule has 15 heteroatoms. The SMILES string of the molecule is CS(=O)(=O)N1CCc2c(c(-c3ccc(C(F)(F)F)c(SCCN4CCC(N5CCCC5)CC4)c3)nn2CC(O)CN2CCC(c3ccccn3)CC2)C1. The van der Waals surface area contributed by atoms with E-state index in [0.29, 0.717) is 54.0 Å². The molecule has 0 amide bonds. The largest absolute Gasteiger partial charge is 0.417 e. The van der Waals surface area contributed by atoms with Crippen LogP contribution in [0, 0.1) is 0 Å². The molecule has 6 heterocycles. The van der Waals surface area contributed by atoms with Crippen molar-refractivity contribution in [1.29, 1.82) is 0 Å². The van der Waals surface area contributed by atoms with E-state index in [4.69, 9.17) is 5.10 Å². The number of likely N-dealkylation sites (tertiary alicyclic amines) is 3. The van der Waals surface area contributed by atoms with Crippen LogP contribution in [0.15, 0.2) is 47.5 Å². The van der Waals surface area contributed by atoms with Gasteiger partial charge >= 0.3 is 6.18 Å². The molecule has 0 radical (unpaired) electrons. The molecule has 1 atom stereocenters. The zero-order chi connectivity index (χ0) is 37.2. The summed E-state index contributed by atoms with van der Waals surface area (Å²) in [6.45, 7) is 7.70. The van der Waals surface area contributed by atoms with Gasteiger partial charge in [-0.25, -0.2) is 8.42 Å². The summed E-state index contributed by atoms with van der Waals surface area (Å²) in [5.74, 6) is 0.924. The van der Waals surface area contributed by atoms with Gasteiger partial charge in [0, 0.05) is 83.9 Å². The standard InChI is InChI=1S/C38H52F3N7O3S2/c1-53(50,51)47-21-13-35-32(27-47)37(43-48(35)26-31(49)25-45-17-9-28(10-18-45)34-6-2-3-14-42-34)29-7-8-33(38(39,40)41)36(24-29)52-23-22-44-19-11-30(12-20-44)46-15-4-5-16-46/h2-3,6-8,14,24,28,30-31,49H,4-5,9-13,15-23,25-27H2,1H3. The van der Waals surface area contributed by atoms with Gasteiger partial charge in [0.1, 0.15) is 0 Å². The van der Waals surface area contributed by atoms with Crippen molar-refractivity contribution in [3.63, 3.8) is 0 Å². The second-order valence-electron chi connectivity index (χ2n) is 15.2. The molecule has 10 nitrogen and oxygen atoms in total. The maximum absolute atomic E-state index is 14.3. The van der Waals surface area contributed by atoms with Crippen LogP contribution in [0.1, 0.15) is 67.0 Å². The Morgan fingerprint density at radius 2 is 1.68 bits per heavy atom. The van der Waals surface area contributed by atoms with Crippen molar-refractivity contribution in [2.75, 3.05) is 70.9 Å². The number of halogens is 3. The van der Waals surface area contributed by atoms with E-state index in [1.807, 2.05) is 18.3 Å². The Hall–Kier alpha value is -2.53. The van der Waals surface area contributed by atoms with Crippen molar-refractivity contribution in [3.8, 4) is 11.3 Å². The number of aromatic nitrogens is 3. The molecule has 0 aliphatic carbocycles. The second-order valence-corrected chi connectivity index (χ2v) is 18.3. The lowest BCUT2D eigenvalue weighted by molar-refractivity contribution is -0.139. The fraction of sp³-hybridized carbons (Fsp3) is 0.632. The molecule has 0 bridgehead atoms. The Labute approximate surface area is 315 Å². The van der Waals surface area contributed by atoms with Gasteiger partial charge in [-0.2, -0.15) is 22.6 Å². The smallest absolute Gasteiger partial charge is 0.390 e. The highest BCUT2D eigenvalue weighted by Crippen LogP contribution is 2.40. The maximum atomic E-state index is 14.3. The third kappa shape index (κ3) is 9.47. The summed E-state index contributed by atoms with van der Waals surface area (Å²) in [6.07, 6.45) is 4.80. The highest BCUT2D eigenvalue weighted by Gasteiger charge is 2.36. The molecule has 4 aliphatic heterocycles. The Balaban J connectivity index is 1.06. The summed E-state index contributed by atoms with van der Waals surface area (Å²) in [6, 6.07) is 10.8. The first kappa shape index (κ1) is 38.7. The third-order valence-corrected chi connectivity index (χ3v) is 13.8. The molecule has 290 valence electrons. The molecule has 1 N–H and O–H groups in total. The molecule has 3 fully saturated rings. The third-order valence-electron chi connectivity index (χ3n) is 11.6. The van der Waals surface area contributed by atoms with Gasteiger partial charge in [-0.15, -0.1) is 11.8 Å². The minimum Gasteiger partial charge on any atom is -0.390 e. The molecule has 1 unspecified atom stereocenters. The summed E-state index contributed by atoms with van der Waals surface area (Å²) in [7, 11) is -3.52. The van der Waals surface area contributed by atoms with Crippen molar-refractivity contribution in [2.45, 2.75) is 87.2 Å². The number of aliphatic hydroxyl groups is 1. The summed E-state index contributed by atoms with van der Waals surface area (Å²) < 4.78 is 71.3. The summed E-state index contributed by atoms with van der Waals surface area (Å²) in [4.78, 5) is 11.9. The van der Waals surface area contributed by atoms with Gasteiger partial charge in [0.2, 0.25) is 10.0 Å². The topological polar surface area (TPSA) is 98.0 Å². The van der Waals surface area contributed by atoms with E-state index in [2.05, 4.69) is 25.8 Å². The number of β-amino-alcohol motifs (C(OH)–C–C–N with tert-alkyl or cyclic N) is 1. The van der Waals surface area contributed by atoms with E-state index in [0.717, 1.165) is 69.3 Å². The van der Waals surface area contributed by atoms with E-state index in [-0.39, 0.29) is 24.5 Å². The number of rotatable bonds is 12. The number of pyridine rings is 1. The Kier molecular flexibility index (Phi) is 12.2. The summed E-state index contributed by atoms with van der Waals surface area (Å²) in [5, 5.41) is 16.2. The first-order chi connectivity index (χ1) is 25.4. The first-order valence-electron chi connectivity index (χ1n) is 19.1. The number of thioether (sulfide) groups is 1. The van der Waals surface area contributed by atoms with Gasteiger partial charge in [0.15, 0.2) is 0 Å². The number of benzene rings is 1. The highest BCUT2D eigenvalue weighted by atomic mass is 32.2. The quantitative estimate of drug-likeness (QED) is 0.250. The Bertz CT molecular complexity index is 1790. The lowest BCUT2D eigenvalue weighted by Gasteiger charge is -2.36. The molecule has 53 heavy (non-hydrogen) atoms. The zero-order valence-corrected chi connectivity index (χ0v) is 32.2. The fourth-order valence-electron chi connectivity index (χ4n) is 8.64. The second kappa shape index (κ2) is 16.7. The van der Waals surface area contributed by atoms with Gasteiger partial charge < -0.3 is 19.8 Å². The van der Waals surface area contributed by atoms with Crippen LogP contribution in [0.4, 0.5) is 13.2 Å².